The normalized spacial score (nSPS) is 11.8. The Hall–Kier alpha value is -2.16. The number of urea groups is 1. The number of carbonyl (C=O) groups excluding carboxylic acids is 1. The summed E-state index contributed by atoms with van der Waals surface area (Å²) in [5.74, 6) is -2.12. The van der Waals surface area contributed by atoms with Gasteiger partial charge in [-0.25, -0.2) is 17.6 Å². The van der Waals surface area contributed by atoms with E-state index in [1.807, 2.05) is 0 Å². The molecule has 0 aromatic heterocycles. The lowest BCUT2D eigenvalue weighted by atomic mass is 9.99. The number of carboxylic acid groups (broad SMARTS) is 1. The first-order valence-corrected chi connectivity index (χ1v) is 9.21. The van der Waals surface area contributed by atoms with E-state index in [2.05, 4.69) is 10.6 Å². The molecule has 0 saturated carbocycles. The van der Waals surface area contributed by atoms with E-state index in [0.29, 0.717) is 0 Å². The minimum absolute atomic E-state index is 0.0187. The third kappa shape index (κ3) is 7.40. The molecule has 0 fully saturated rings. The van der Waals surface area contributed by atoms with Gasteiger partial charge in [-0.05, 0) is 32.4 Å². The van der Waals surface area contributed by atoms with E-state index in [9.17, 15) is 22.4 Å². The Labute approximate surface area is 140 Å². The molecule has 0 aliphatic heterocycles. The van der Waals surface area contributed by atoms with Gasteiger partial charge < -0.3 is 15.7 Å². The lowest BCUT2D eigenvalue weighted by molar-refractivity contribution is -0.137. The summed E-state index contributed by atoms with van der Waals surface area (Å²) in [6.07, 6.45) is 1.14. The second-order valence-corrected chi connectivity index (χ2v) is 8.37. The van der Waals surface area contributed by atoms with E-state index in [-0.39, 0.29) is 24.1 Å². The fourth-order valence-electron chi connectivity index (χ4n) is 1.98. The van der Waals surface area contributed by atoms with Gasteiger partial charge in [0.1, 0.15) is 5.82 Å². The Bertz CT molecular complexity index is 731. The molecule has 0 atom stereocenters. The van der Waals surface area contributed by atoms with E-state index in [1.165, 1.54) is 12.1 Å². The van der Waals surface area contributed by atoms with Gasteiger partial charge in [0.15, 0.2) is 9.84 Å². The van der Waals surface area contributed by atoms with Crippen LogP contribution in [0.15, 0.2) is 18.2 Å². The molecule has 134 valence electrons. The van der Waals surface area contributed by atoms with Crippen molar-refractivity contribution in [2.45, 2.75) is 38.0 Å². The summed E-state index contributed by atoms with van der Waals surface area (Å²) in [4.78, 5) is 22.5. The van der Waals surface area contributed by atoms with Gasteiger partial charge in [-0.15, -0.1) is 0 Å². The van der Waals surface area contributed by atoms with E-state index in [1.54, 1.807) is 13.8 Å². The van der Waals surface area contributed by atoms with Crippen LogP contribution in [0.4, 0.5) is 14.9 Å². The van der Waals surface area contributed by atoms with Crippen LogP contribution in [0.3, 0.4) is 0 Å². The molecular formula is C15H21FN2O5S. The van der Waals surface area contributed by atoms with Crippen LogP contribution in [0.5, 0.6) is 0 Å². The molecule has 1 aromatic rings. The van der Waals surface area contributed by atoms with Gasteiger partial charge in [-0.1, -0.05) is 6.07 Å². The maximum atomic E-state index is 13.9. The fraction of sp³-hybridized carbons (Fsp3) is 0.467. The number of carbonyl (C=O) groups is 2. The highest BCUT2D eigenvalue weighted by Crippen LogP contribution is 2.17. The highest BCUT2D eigenvalue weighted by molar-refractivity contribution is 7.89. The molecule has 24 heavy (non-hydrogen) atoms. The minimum atomic E-state index is -3.36. The molecule has 2 amide bonds. The molecule has 0 aliphatic carbocycles. The molecule has 1 aromatic carbocycles. The number of amides is 2. The third-order valence-electron chi connectivity index (χ3n) is 3.14. The summed E-state index contributed by atoms with van der Waals surface area (Å²) < 4.78 is 36.3. The smallest absolute Gasteiger partial charge is 0.319 e. The maximum absolute atomic E-state index is 13.9. The van der Waals surface area contributed by atoms with Crippen molar-refractivity contribution in [1.82, 2.24) is 5.32 Å². The number of hydrogen-bond donors (Lipinski definition) is 3. The first kappa shape index (κ1) is 19.9. The summed E-state index contributed by atoms with van der Waals surface area (Å²) in [6, 6.07) is 3.11. The quantitative estimate of drug-likeness (QED) is 0.689. The largest absolute Gasteiger partial charge is 0.481 e. The molecule has 1 rings (SSSR count). The number of rotatable bonds is 7. The number of aliphatic carboxylic acids is 1. The first-order valence-electron chi connectivity index (χ1n) is 7.15. The van der Waals surface area contributed by atoms with Crippen molar-refractivity contribution < 1.29 is 27.5 Å². The van der Waals surface area contributed by atoms with Gasteiger partial charge in [0.2, 0.25) is 0 Å². The molecule has 0 heterocycles. The Morgan fingerprint density at radius 1 is 1.29 bits per heavy atom. The average Bonchev–Trinajstić information content (AvgIpc) is 2.38. The molecule has 0 unspecified atom stereocenters. The molecule has 0 aliphatic rings. The fourth-order valence-corrected chi connectivity index (χ4v) is 2.78. The lowest BCUT2D eigenvalue weighted by Gasteiger charge is -2.25. The number of benzene rings is 1. The molecule has 9 heteroatoms. The zero-order chi connectivity index (χ0) is 18.5. The Kier molecular flexibility index (Phi) is 6.30. The Morgan fingerprint density at radius 2 is 1.92 bits per heavy atom. The summed E-state index contributed by atoms with van der Waals surface area (Å²) in [6.45, 7) is 3.34. The highest BCUT2D eigenvalue weighted by Gasteiger charge is 2.21. The second kappa shape index (κ2) is 7.61. The van der Waals surface area contributed by atoms with Crippen LogP contribution in [0.25, 0.3) is 0 Å². The monoisotopic (exact) mass is 360 g/mol. The summed E-state index contributed by atoms with van der Waals surface area (Å²) >= 11 is 0. The summed E-state index contributed by atoms with van der Waals surface area (Å²) in [5, 5.41) is 13.7. The van der Waals surface area contributed by atoms with Crippen molar-refractivity contribution in [2.24, 2.45) is 0 Å². The Balaban J connectivity index is 2.71. The van der Waals surface area contributed by atoms with Gasteiger partial charge in [0.25, 0.3) is 0 Å². The molecule has 0 saturated heterocycles. The van der Waals surface area contributed by atoms with Crippen LogP contribution < -0.4 is 10.6 Å². The van der Waals surface area contributed by atoms with Gasteiger partial charge in [-0.2, -0.15) is 0 Å². The van der Waals surface area contributed by atoms with Crippen LogP contribution in [0.2, 0.25) is 0 Å². The summed E-state index contributed by atoms with van der Waals surface area (Å²) in [7, 11) is -3.36. The number of carboxylic acids is 1. The standard InChI is InChI=1S/C15H21FN2O5S/c1-15(2,7-6-13(19)20)18-14(21)17-11-5-4-10(12(16)8-11)9-24(3,22)23/h4-5,8H,6-7,9H2,1-3H3,(H,19,20)(H2,17,18,21). The van der Waals surface area contributed by atoms with Crippen LogP contribution >= 0.6 is 0 Å². The maximum Gasteiger partial charge on any atom is 0.319 e. The number of sulfone groups is 1. The predicted molar refractivity (Wildman–Crippen MR) is 88.1 cm³/mol. The zero-order valence-electron chi connectivity index (χ0n) is 13.7. The van der Waals surface area contributed by atoms with Crippen molar-refractivity contribution >= 4 is 27.5 Å². The minimum Gasteiger partial charge on any atom is -0.481 e. The van der Waals surface area contributed by atoms with E-state index in [0.717, 1.165) is 12.3 Å². The van der Waals surface area contributed by atoms with E-state index < -0.39 is 38.9 Å². The van der Waals surface area contributed by atoms with Gasteiger partial charge in [0.05, 0.1) is 5.75 Å². The van der Waals surface area contributed by atoms with Gasteiger partial charge >= 0.3 is 12.0 Å². The number of anilines is 1. The molecule has 3 N–H and O–H groups in total. The van der Waals surface area contributed by atoms with Crippen molar-refractivity contribution in [3.05, 3.63) is 29.6 Å². The van der Waals surface area contributed by atoms with Crippen molar-refractivity contribution in [3.63, 3.8) is 0 Å². The molecule has 0 spiro atoms. The Morgan fingerprint density at radius 3 is 2.42 bits per heavy atom. The van der Waals surface area contributed by atoms with Crippen molar-refractivity contribution in [1.29, 1.82) is 0 Å². The number of nitrogens with one attached hydrogen (secondary N) is 2. The van der Waals surface area contributed by atoms with Crippen LogP contribution in [-0.2, 0) is 20.4 Å². The SMILES string of the molecule is CC(C)(CCC(=O)O)NC(=O)Nc1ccc(CS(C)(=O)=O)c(F)c1. The van der Waals surface area contributed by atoms with Gasteiger partial charge in [-0.3, -0.25) is 4.79 Å². The topological polar surface area (TPSA) is 113 Å². The van der Waals surface area contributed by atoms with Crippen LogP contribution in [0, 0.1) is 5.82 Å². The number of hydrogen-bond acceptors (Lipinski definition) is 4. The van der Waals surface area contributed by atoms with Gasteiger partial charge in [0, 0.05) is 29.5 Å². The van der Waals surface area contributed by atoms with Crippen LogP contribution in [-0.4, -0.2) is 37.3 Å². The molecule has 0 radical (unpaired) electrons. The number of halogens is 1. The highest BCUT2D eigenvalue weighted by atomic mass is 32.2. The molecule has 0 bridgehead atoms. The third-order valence-corrected chi connectivity index (χ3v) is 3.98. The first-order chi connectivity index (χ1) is 10.9. The molecule has 7 nitrogen and oxygen atoms in total. The average molecular weight is 360 g/mol. The van der Waals surface area contributed by atoms with E-state index >= 15 is 0 Å². The predicted octanol–water partition coefficient (Wildman–Crippen LogP) is 2.14. The zero-order valence-corrected chi connectivity index (χ0v) is 14.5. The van der Waals surface area contributed by atoms with Crippen molar-refractivity contribution in [3.8, 4) is 0 Å². The molecular weight excluding hydrogens is 339 g/mol. The van der Waals surface area contributed by atoms with Crippen LogP contribution in [0.1, 0.15) is 32.3 Å². The summed E-state index contributed by atoms with van der Waals surface area (Å²) in [5.41, 5.74) is -0.571. The van der Waals surface area contributed by atoms with E-state index in [4.69, 9.17) is 5.11 Å². The second-order valence-electron chi connectivity index (χ2n) is 6.23. The van der Waals surface area contributed by atoms with Crippen molar-refractivity contribution in [2.75, 3.05) is 11.6 Å². The lowest BCUT2D eigenvalue weighted by Crippen LogP contribution is -2.45.